The zero-order valence-electron chi connectivity index (χ0n) is 9.53. The molecule has 13 heavy (non-hydrogen) atoms. The van der Waals surface area contributed by atoms with Crippen molar-refractivity contribution in [1.82, 2.24) is 0 Å². The summed E-state index contributed by atoms with van der Waals surface area (Å²) in [6, 6.07) is 0. The summed E-state index contributed by atoms with van der Waals surface area (Å²) in [5, 5.41) is 0.126. The van der Waals surface area contributed by atoms with Crippen LogP contribution in [0.4, 0.5) is 0 Å². The molecule has 0 bridgehead atoms. The molecule has 0 amide bonds. The number of hydrogen-bond acceptors (Lipinski definition) is 0. The third-order valence-electron chi connectivity index (χ3n) is 3.97. The zero-order chi connectivity index (χ0) is 9.95. The Balaban J connectivity index is 2.64. The molecule has 0 atom stereocenters. The Kier molecular flexibility index (Phi) is 3.48. The molecule has 0 heterocycles. The Hall–Kier alpha value is 0.0649. The van der Waals surface area contributed by atoms with E-state index in [0.717, 1.165) is 0 Å². The minimum atomic E-state index is 0.126. The normalized spacial score (nSPS) is 23.0. The van der Waals surface area contributed by atoms with Crippen LogP contribution in [-0.2, 0) is 0 Å². The second-order valence-electron chi connectivity index (χ2n) is 5.35. The minimum absolute atomic E-state index is 0.126. The quantitative estimate of drug-likeness (QED) is 0.570. The average Bonchev–Trinajstić information content (AvgIpc) is 2.05. The molecule has 0 aliphatic heterocycles. The molecular weight excluding hydrogens is 155 g/mol. The number of rotatable bonds is 3. The highest BCUT2D eigenvalue weighted by molar-refractivity contribution is 6.15. The van der Waals surface area contributed by atoms with E-state index in [1.807, 2.05) is 0 Å². The predicted octanol–water partition coefficient (Wildman–Crippen LogP) is 4.10. The molecule has 0 N–H and O–H groups in total. The minimum Gasteiger partial charge on any atom is -0.0654 e. The van der Waals surface area contributed by atoms with Crippen LogP contribution in [0.2, 0.25) is 5.31 Å². The van der Waals surface area contributed by atoms with Gasteiger partial charge in [0.15, 0.2) is 0 Å². The molecule has 0 unspecified atom stereocenters. The Morgan fingerprint density at radius 3 is 2.15 bits per heavy atom. The van der Waals surface area contributed by atoms with Crippen LogP contribution < -0.4 is 0 Å². The van der Waals surface area contributed by atoms with Crippen LogP contribution in [0, 0.1) is 5.41 Å². The molecule has 1 aliphatic rings. The molecule has 0 saturated heterocycles. The van der Waals surface area contributed by atoms with Crippen LogP contribution >= 0.6 is 0 Å². The van der Waals surface area contributed by atoms with E-state index in [0.29, 0.717) is 5.41 Å². The smallest absolute Gasteiger partial charge is 0.0654 e. The highest BCUT2D eigenvalue weighted by atomic mass is 14.4. The van der Waals surface area contributed by atoms with E-state index in [9.17, 15) is 0 Å². The van der Waals surface area contributed by atoms with Crippen molar-refractivity contribution in [2.75, 3.05) is 0 Å². The second kappa shape index (κ2) is 4.06. The van der Waals surface area contributed by atoms with Gasteiger partial charge in [-0.1, -0.05) is 64.6 Å². The molecule has 1 fully saturated rings. The third-order valence-corrected chi connectivity index (χ3v) is 3.97. The molecule has 1 rings (SSSR count). The topological polar surface area (TPSA) is 0 Å². The van der Waals surface area contributed by atoms with Gasteiger partial charge in [-0.15, -0.1) is 0 Å². The van der Waals surface area contributed by atoms with Gasteiger partial charge < -0.3 is 0 Å². The summed E-state index contributed by atoms with van der Waals surface area (Å²) < 4.78 is 0. The van der Waals surface area contributed by atoms with E-state index in [-0.39, 0.29) is 5.31 Å². The maximum absolute atomic E-state index is 6.52. The van der Waals surface area contributed by atoms with Gasteiger partial charge in [0, 0.05) is 0 Å². The van der Waals surface area contributed by atoms with Crippen LogP contribution in [-0.4, -0.2) is 7.85 Å². The first kappa shape index (κ1) is 11.1. The second-order valence-corrected chi connectivity index (χ2v) is 5.35. The summed E-state index contributed by atoms with van der Waals surface area (Å²) in [5.41, 5.74) is 0.335. The SMILES string of the molecule is [B]C1(C(C)(C)CCC)CCCCC1. The van der Waals surface area contributed by atoms with Gasteiger partial charge in [0.1, 0.15) is 0 Å². The van der Waals surface area contributed by atoms with E-state index < -0.39 is 0 Å². The maximum atomic E-state index is 6.52. The molecule has 1 heteroatoms. The van der Waals surface area contributed by atoms with Crippen LogP contribution in [0.25, 0.3) is 0 Å². The van der Waals surface area contributed by atoms with Crippen molar-refractivity contribution >= 4 is 7.85 Å². The zero-order valence-corrected chi connectivity index (χ0v) is 9.53. The largest absolute Gasteiger partial charge is 0.0753 e. The van der Waals surface area contributed by atoms with E-state index in [1.54, 1.807) is 0 Å². The molecule has 0 aromatic heterocycles. The third kappa shape index (κ3) is 2.30. The van der Waals surface area contributed by atoms with Gasteiger partial charge in [0.2, 0.25) is 0 Å². The first-order chi connectivity index (χ1) is 6.02. The highest BCUT2D eigenvalue weighted by Gasteiger charge is 2.39. The van der Waals surface area contributed by atoms with E-state index in [2.05, 4.69) is 20.8 Å². The van der Waals surface area contributed by atoms with Crippen molar-refractivity contribution < 1.29 is 0 Å². The van der Waals surface area contributed by atoms with Gasteiger partial charge in [-0.2, -0.15) is 0 Å². The summed E-state index contributed by atoms with van der Waals surface area (Å²) >= 11 is 0. The summed E-state index contributed by atoms with van der Waals surface area (Å²) in [6.07, 6.45) is 9.06. The predicted molar refractivity (Wildman–Crippen MR) is 60.2 cm³/mol. The van der Waals surface area contributed by atoms with Crippen molar-refractivity contribution in [2.45, 2.75) is 71.0 Å². The van der Waals surface area contributed by atoms with Gasteiger partial charge in [-0.05, 0) is 11.8 Å². The van der Waals surface area contributed by atoms with Gasteiger partial charge in [-0.3, -0.25) is 0 Å². The monoisotopic (exact) mass is 178 g/mol. The lowest BCUT2D eigenvalue weighted by atomic mass is 9.47. The van der Waals surface area contributed by atoms with Crippen molar-refractivity contribution in [3.63, 3.8) is 0 Å². The van der Waals surface area contributed by atoms with Crippen LogP contribution in [0.5, 0.6) is 0 Å². The fraction of sp³-hybridized carbons (Fsp3) is 1.00. The average molecular weight is 178 g/mol. The molecule has 0 spiro atoms. The standard InChI is InChI=1S/C12H23B/c1-4-8-11(2,3)12(13)9-6-5-7-10-12/h4-10H2,1-3H3. The lowest BCUT2D eigenvalue weighted by Gasteiger charge is -2.48. The first-order valence-electron chi connectivity index (χ1n) is 5.81. The van der Waals surface area contributed by atoms with E-state index in [4.69, 9.17) is 7.85 Å². The summed E-state index contributed by atoms with van der Waals surface area (Å²) in [7, 11) is 6.52. The highest BCUT2D eigenvalue weighted by Crippen LogP contribution is 2.55. The summed E-state index contributed by atoms with van der Waals surface area (Å²) in [5.74, 6) is 0. The van der Waals surface area contributed by atoms with Gasteiger partial charge >= 0.3 is 0 Å². The summed E-state index contributed by atoms with van der Waals surface area (Å²) in [6.45, 7) is 6.96. The fourth-order valence-electron chi connectivity index (χ4n) is 2.73. The Morgan fingerprint density at radius 1 is 1.15 bits per heavy atom. The Labute approximate surface area is 84.9 Å². The van der Waals surface area contributed by atoms with E-state index >= 15 is 0 Å². The van der Waals surface area contributed by atoms with Crippen molar-refractivity contribution in [3.8, 4) is 0 Å². The molecule has 0 nitrogen and oxygen atoms in total. The molecule has 0 aromatic rings. The molecule has 2 radical (unpaired) electrons. The van der Waals surface area contributed by atoms with Gasteiger partial charge in [0.25, 0.3) is 0 Å². The van der Waals surface area contributed by atoms with Crippen molar-refractivity contribution in [3.05, 3.63) is 0 Å². The van der Waals surface area contributed by atoms with Crippen LogP contribution in [0.15, 0.2) is 0 Å². The lowest BCUT2D eigenvalue weighted by molar-refractivity contribution is 0.163. The molecule has 1 saturated carbocycles. The summed E-state index contributed by atoms with van der Waals surface area (Å²) in [4.78, 5) is 0. The number of hydrogen-bond donors (Lipinski definition) is 0. The lowest BCUT2D eigenvalue weighted by Crippen LogP contribution is -2.33. The Morgan fingerprint density at radius 2 is 1.69 bits per heavy atom. The first-order valence-corrected chi connectivity index (χ1v) is 5.81. The van der Waals surface area contributed by atoms with Crippen molar-refractivity contribution in [2.24, 2.45) is 5.41 Å². The molecule has 74 valence electrons. The molecular formula is C12H23B. The van der Waals surface area contributed by atoms with Crippen LogP contribution in [0.3, 0.4) is 0 Å². The van der Waals surface area contributed by atoms with E-state index in [1.165, 1.54) is 44.9 Å². The Bertz CT molecular complexity index is 155. The van der Waals surface area contributed by atoms with Gasteiger partial charge in [-0.25, -0.2) is 0 Å². The fourth-order valence-corrected chi connectivity index (χ4v) is 2.73. The van der Waals surface area contributed by atoms with Gasteiger partial charge in [0.05, 0.1) is 7.85 Å². The molecule has 1 aliphatic carbocycles. The van der Waals surface area contributed by atoms with Crippen LogP contribution in [0.1, 0.15) is 65.7 Å². The van der Waals surface area contributed by atoms with Crippen molar-refractivity contribution in [1.29, 1.82) is 0 Å². The maximum Gasteiger partial charge on any atom is 0.0753 e. The molecule has 0 aromatic carbocycles.